The number of nitrogens with zero attached hydrogens (tertiary/aromatic N) is 1. The fourth-order valence-electron chi connectivity index (χ4n) is 2.34. The van der Waals surface area contributed by atoms with E-state index in [0.29, 0.717) is 26.0 Å². The van der Waals surface area contributed by atoms with E-state index in [9.17, 15) is 9.59 Å². The van der Waals surface area contributed by atoms with Crippen molar-refractivity contribution in [3.05, 3.63) is 11.6 Å². The van der Waals surface area contributed by atoms with Crippen LogP contribution < -0.4 is 11.2 Å². The van der Waals surface area contributed by atoms with Crippen molar-refractivity contribution in [2.45, 2.75) is 72.4 Å². The number of rotatable bonds is 7. The third-order valence-corrected chi connectivity index (χ3v) is 4.65. The van der Waals surface area contributed by atoms with Crippen LogP contribution in [0, 0.1) is 5.41 Å². The fourth-order valence-corrected chi connectivity index (χ4v) is 2.34. The number of allylic oxidation sites excluding steroid dienone is 1. The third-order valence-electron chi connectivity index (χ3n) is 4.65. The standard InChI is InChI=1S/C18H33N3O3/c1-6-13(3)11-14(19)16(22)21-10-8-9-15(20-21)17(23)24-12-18(4,5)7-2/h6,14-15,20H,7-12,19H2,1-5H3/b13-6+/t14-,15-/m0/s1. The molecule has 0 aromatic heterocycles. The molecule has 0 aromatic carbocycles. The topological polar surface area (TPSA) is 84.7 Å². The third kappa shape index (κ3) is 6.24. The zero-order valence-electron chi connectivity index (χ0n) is 15.7. The predicted octanol–water partition coefficient (Wildman–Crippen LogP) is 2.14. The first-order chi connectivity index (χ1) is 11.2. The van der Waals surface area contributed by atoms with E-state index >= 15 is 0 Å². The van der Waals surface area contributed by atoms with E-state index in [1.165, 1.54) is 5.01 Å². The summed E-state index contributed by atoms with van der Waals surface area (Å²) in [5.41, 5.74) is 10.0. The van der Waals surface area contributed by atoms with Crippen LogP contribution in [0.4, 0.5) is 0 Å². The summed E-state index contributed by atoms with van der Waals surface area (Å²) in [7, 11) is 0. The van der Waals surface area contributed by atoms with Gasteiger partial charge in [0.05, 0.1) is 12.6 Å². The molecule has 138 valence electrons. The van der Waals surface area contributed by atoms with Crippen molar-refractivity contribution in [3.63, 3.8) is 0 Å². The molecular formula is C18H33N3O3. The Balaban J connectivity index is 2.57. The van der Waals surface area contributed by atoms with Crippen LogP contribution in [0.25, 0.3) is 0 Å². The summed E-state index contributed by atoms with van der Waals surface area (Å²) in [6.45, 7) is 11.0. The first-order valence-corrected chi connectivity index (χ1v) is 8.81. The Morgan fingerprint density at radius 2 is 2.12 bits per heavy atom. The molecule has 2 atom stereocenters. The van der Waals surface area contributed by atoms with Gasteiger partial charge in [-0.05, 0) is 44.9 Å². The van der Waals surface area contributed by atoms with Crippen LogP contribution in [0.3, 0.4) is 0 Å². The Morgan fingerprint density at radius 3 is 2.71 bits per heavy atom. The van der Waals surface area contributed by atoms with E-state index in [0.717, 1.165) is 18.4 Å². The van der Waals surface area contributed by atoms with Crippen molar-refractivity contribution in [1.82, 2.24) is 10.4 Å². The van der Waals surface area contributed by atoms with Crippen LogP contribution >= 0.6 is 0 Å². The average molecular weight is 339 g/mol. The number of carbonyl (C=O) groups is 2. The van der Waals surface area contributed by atoms with Gasteiger partial charge in [-0.1, -0.05) is 32.4 Å². The molecule has 0 saturated carbocycles. The summed E-state index contributed by atoms with van der Waals surface area (Å²) in [5.74, 6) is -0.477. The molecule has 1 rings (SSSR count). The molecular weight excluding hydrogens is 306 g/mol. The van der Waals surface area contributed by atoms with Gasteiger partial charge >= 0.3 is 5.97 Å². The first-order valence-electron chi connectivity index (χ1n) is 8.81. The molecule has 6 nitrogen and oxygen atoms in total. The Labute approximate surface area is 145 Å². The van der Waals surface area contributed by atoms with E-state index in [1.807, 2.05) is 19.9 Å². The molecule has 1 fully saturated rings. The average Bonchev–Trinajstić information content (AvgIpc) is 2.58. The van der Waals surface area contributed by atoms with E-state index in [1.54, 1.807) is 0 Å². The lowest BCUT2D eigenvalue weighted by Gasteiger charge is -2.34. The molecule has 1 aliphatic rings. The van der Waals surface area contributed by atoms with Gasteiger partial charge in [0.2, 0.25) is 0 Å². The van der Waals surface area contributed by atoms with Gasteiger partial charge in [-0.25, -0.2) is 5.43 Å². The zero-order valence-corrected chi connectivity index (χ0v) is 15.7. The second-order valence-corrected chi connectivity index (χ2v) is 7.38. The predicted molar refractivity (Wildman–Crippen MR) is 94.9 cm³/mol. The minimum atomic E-state index is -0.595. The Bertz CT molecular complexity index is 474. The van der Waals surface area contributed by atoms with Gasteiger partial charge in [0.25, 0.3) is 5.91 Å². The summed E-state index contributed by atoms with van der Waals surface area (Å²) in [6, 6.07) is -1.08. The van der Waals surface area contributed by atoms with Crippen LogP contribution in [0.15, 0.2) is 11.6 Å². The molecule has 0 aromatic rings. The van der Waals surface area contributed by atoms with Crippen molar-refractivity contribution in [3.8, 4) is 0 Å². The van der Waals surface area contributed by atoms with Gasteiger partial charge < -0.3 is 10.5 Å². The summed E-state index contributed by atoms with van der Waals surface area (Å²) >= 11 is 0. The number of nitrogens with one attached hydrogen (secondary N) is 1. The molecule has 6 heteroatoms. The normalized spacial score (nSPS) is 20.7. The SMILES string of the molecule is C/C=C(\C)C[C@H](N)C(=O)N1CCC[C@@H](C(=O)OCC(C)(C)CC)N1. The zero-order chi connectivity index (χ0) is 18.3. The molecule has 3 N–H and O–H groups in total. The number of hydrogen-bond donors (Lipinski definition) is 2. The summed E-state index contributed by atoms with van der Waals surface area (Å²) in [4.78, 5) is 24.7. The maximum absolute atomic E-state index is 12.4. The van der Waals surface area contributed by atoms with E-state index in [2.05, 4.69) is 26.2 Å². The molecule has 1 amide bonds. The number of hydrazine groups is 1. The Kier molecular flexibility index (Phi) is 7.90. The quantitative estimate of drug-likeness (QED) is 0.548. The Morgan fingerprint density at radius 1 is 1.46 bits per heavy atom. The molecule has 1 heterocycles. The van der Waals surface area contributed by atoms with Gasteiger partial charge in [-0.3, -0.25) is 14.6 Å². The molecule has 0 radical (unpaired) electrons. The molecule has 0 bridgehead atoms. The monoisotopic (exact) mass is 339 g/mol. The minimum Gasteiger partial charge on any atom is -0.464 e. The molecule has 1 aliphatic heterocycles. The largest absolute Gasteiger partial charge is 0.464 e. The minimum absolute atomic E-state index is 0.0355. The van der Waals surface area contributed by atoms with Gasteiger partial charge in [-0.15, -0.1) is 0 Å². The Hall–Kier alpha value is -1.40. The number of esters is 1. The molecule has 24 heavy (non-hydrogen) atoms. The highest BCUT2D eigenvalue weighted by Gasteiger charge is 2.31. The van der Waals surface area contributed by atoms with Gasteiger partial charge in [-0.2, -0.15) is 0 Å². The van der Waals surface area contributed by atoms with Crippen LogP contribution in [0.5, 0.6) is 0 Å². The van der Waals surface area contributed by atoms with E-state index in [-0.39, 0.29) is 17.3 Å². The van der Waals surface area contributed by atoms with Gasteiger partial charge in [0, 0.05) is 6.54 Å². The van der Waals surface area contributed by atoms with E-state index in [4.69, 9.17) is 10.5 Å². The second kappa shape index (κ2) is 9.18. The van der Waals surface area contributed by atoms with Crippen molar-refractivity contribution in [1.29, 1.82) is 0 Å². The highest BCUT2D eigenvalue weighted by atomic mass is 16.5. The molecule has 0 aliphatic carbocycles. The maximum Gasteiger partial charge on any atom is 0.324 e. The lowest BCUT2D eigenvalue weighted by molar-refractivity contribution is -0.154. The van der Waals surface area contributed by atoms with E-state index < -0.39 is 12.1 Å². The maximum atomic E-state index is 12.4. The second-order valence-electron chi connectivity index (χ2n) is 7.38. The number of hydrogen-bond acceptors (Lipinski definition) is 5. The first kappa shape index (κ1) is 20.6. The number of carbonyl (C=O) groups excluding carboxylic acids is 2. The number of nitrogens with two attached hydrogens (primary N) is 1. The number of ether oxygens (including phenoxy) is 1. The van der Waals surface area contributed by atoms with Crippen molar-refractivity contribution in [2.75, 3.05) is 13.2 Å². The molecule has 0 unspecified atom stereocenters. The lowest BCUT2D eigenvalue weighted by atomic mass is 9.92. The highest BCUT2D eigenvalue weighted by Crippen LogP contribution is 2.20. The van der Waals surface area contributed by atoms with Gasteiger partial charge in [0.15, 0.2) is 0 Å². The van der Waals surface area contributed by atoms with Crippen LogP contribution in [0.2, 0.25) is 0 Å². The summed E-state index contributed by atoms with van der Waals surface area (Å²) in [5, 5.41) is 1.48. The van der Waals surface area contributed by atoms with Gasteiger partial charge in [0.1, 0.15) is 6.04 Å². The fraction of sp³-hybridized carbons (Fsp3) is 0.778. The molecule has 1 saturated heterocycles. The molecule has 0 spiro atoms. The smallest absolute Gasteiger partial charge is 0.324 e. The number of amides is 1. The van der Waals surface area contributed by atoms with Crippen molar-refractivity contribution >= 4 is 11.9 Å². The summed E-state index contributed by atoms with van der Waals surface area (Å²) < 4.78 is 5.43. The van der Waals surface area contributed by atoms with Crippen LogP contribution in [-0.4, -0.2) is 42.1 Å². The van der Waals surface area contributed by atoms with Crippen LogP contribution in [-0.2, 0) is 14.3 Å². The van der Waals surface area contributed by atoms with Crippen molar-refractivity contribution < 1.29 is 14.3 Å². The summed E-state index contributed by atoms with van der Waals surface area (Å²) in [6.07, 6.45) is 4.82. The van der Waals surface area contributed by atoms with Crippen LogP contribution in [0.1, 0.15) is 60.3 Å². The highest BCUT2D eigenvalue weighted by molar-refractivity contribution is 5.83. The lowest BCUT2D eigenvalue weighted by Crippen LogP contribution is -2.59. The van der Waals surface area contributed by atoms with Crippen molar-refractivity contribution in [2.24, 2.45) is 11.1 Å².